The van der Waals surface area contributed by atoms with Gasteiger partial charge in [-0.05, 0) is 24.6 Å². The molecule has 0 spiro atoms. The van der Waals surface area contributed by atoms with Gasteiger partial charge in [0.2, 0.25) is 0 Å². The maximum absolute atomic E-state index is 10.1. The van der Waals surface area contributed by atoms with E-state index in [-0.39, 0.29) is 0 Å². The number of hydrogen-bond acceptors (Lipinski definition) is 1. The molecule has 0 atom stereocenters. The highest BCUT2D eigenvalue weighted by Gasteiger charge is 1.88. The third-order valence-electron chi connectivity index (χ3n) is 1.87. The molecule has 0 amide bonds. The van der Waals surface area contributed by atoms with Gasteiger partial charge in [-0.2, -0.15) is 0 Å². The minimum Gasteiger partial charge on any atom is -0.303 e. The highest BCUT2D eigenvalue weighted by Crippen LogP contribution is 2.05. The summed E-state index contributed by atoms with van der Waals surface area (Å²) in [6.45, 7) is 1.99. The molecule has 1 rings (SSSR count). The first-order valence-corrected chi connectivity index (χ1v) is 5.02. The molecular formula is C14H14O. The number of rotatable bonds is 3. The molecule has 0 saturated heterocycles. The Morgan fingerprint density at radius 1 is 1.40 bits per heavy atom. The number of aldehydes is 1. The van der Waals surface area contributed by atoms with Crippen LogP contribution in [0.15, 0.2) is 30.3 Å². The number of carbonyl (C=O) groups excluding carboxylic acids is 1. The lowest BCUT2D eigenvalue weighted by atomic mass is 10.1. The van der Waals surface area contributed by atoms with Crippen LogP contribution in [0.25, 0.3) is 6.08 Å². The standard InChI is InChI=1S/C14H14O/c1-2-7-13-9-6-10-14(12-13)8-4-3-5-11-15/h2,6-7,9-12H,3,5H2,1H3. The third kappa shape index (κ3) is 4.28. The van der Waals surface area contributed by atoms with Crippen LogP contribution >= 0.6 is 0 Å². The number of benzene rings is 1. The molecule has 1 aromatic carbocycles. The first-order chi connectivity index (χ1) is 7.36. The summed E-state index contributed by atoms with van der Waals surface area (Å²) >= 11 is 0. The van der Waals surface area contributed by atoms with Crippen LogP contribution in [-0.2, 0) is 4.79 Å². The second-order valence-electron chi connectivity index (χ2n) is 3.13. The largest absolute Gasteiger partial charge is 0.303 e. The van der Waals surface area contributed by atoms with E-state index in [0.29, 0.717) is 12.8 Å². The van der Waals surface area contributed by atoms with Crippen LogP contribution in [0.2, 0.25) is 0 Å². The van der Waals surface area contributed by atoms with E-state index < -0.39 is 0 Å². The molecular weight excluding hydrogens is 184 g/mol. The van der Waals surface area contributed by atoms with Crippen molar-refractivity contribution in [1.29, 1.82) is 0 Å². The fourth-order valence-electron chi connectivity index (χ4n) is 1.21. The molecule has 0 N–H and O–H groups in total. The number of allylic oxidation sites excluding steroid dienone is 1. The summed E-state index contributed by atoms with van der Waals surface area (Å²) < 4.78 is 0. The van der Waals surface area contributed by atoms with Crippen molar-refractivity contribution in [3.8, 4) is 11.8 Å². The zero-order valence-electron chi connectivity index (χ0n) is 8.86. The summed E-state index contributed by atoms with van der Waals surface area (Å²) in [4.78, 5) is 10.1. The van der Waals surface area contributed by atoms with E-state index in [9.17, 15) is 4.79 Å². The Labute approximate surface area is 90.8 Å². The van der Waals surface area contributed by atoms with E-state index >= 15 is 0 Å². The third-order valence-corrected chi connectivity index (χ3v) is 1.87. The molecule has 1 nitrogen and oxygen atoms in total. The zero-order chi connectivity index (χ0) is 10.9. The molecule has 15 heavy (non-hydrogen) atoms. The van der Waals surface area contributed by atoms with E-state index in [1.54, 1.807) is 0 Å². The lowest BCUT2D eigenvalue weighted by molar-refractivity contribution is -0.107. The fourth-order valence-corrected chi connectivity index (χ4v) is 1.21. The molecule has 0 aliphatic heterocycles. The van der Waals surface area contributed by atoms with E-state index in [4.69, 9.17) is 0 Å². The molecule has 0 bridgehead atoms. The van der Waals surface area contributed by atoms with Gasteiger partial charge in [0.25, 0.3) is 0 Å². The van der Waals surface area contributed by atoms with Crippen molar-refractivity contribution in [3.05, 3.63) is 41.5 Å². The highest BCUT2D eigenvalue weighted by atomic mass is 16.1. The molecule has 0 radical (unpaired) electrons. The normalized spacial score (nSPS) is 9.67. The van der Waals surface area contributed by atoms with Gasteiger partial charge in [-0.15, -0.1) is 0 Å². The maximum atomic E-state index is 10.1. The second-order valence-corrected chi connectivity index (χ2v) is 3.13. The highest BCUT2D eigenvalue weighted by molar-refractivity contribution is 5.53. The van der Waals surface area contributed by atoms with Crippen LogP contribution in [0.5, 0.6) is 0 Å². The minimum atomic E-state index is 0.515. The van der Waals surface area contributed by atoms with Crippen molar-refractivity contribution in [1.82, 2.24) is 0 Å². The fraction of sp³-hybridized carbons (Fsp3) is 0.214. The summed E-state index contributed by atoms with van der Waals surface area (Å²) in [5, 5.41) is 0. The lowest BCUT2D eigenvalue weighted by Crippen LogP contribution is -1.77. The van der Waals surface area contributed by atoms with Gasteiger partial charge in [0.1, 0.15) is 6.29 Å². The smallest absolute Gasteiger partial charge is 0.120 e. The summed E-state index contributed by atoms with van der Waals surface area (Å²) in [5.74, 6) is 6.00. The van der Waals surface area contributed by atoms with Crippen molar-refractivity contribution in [2.75, 3.05) is 0 Å². The van der Waals surface area contributed by atoms with Crippen LogP contribution in [-0.4, -0.2) is 6.29 Å². The summed E-state index contributed by atoms with van der Waals surface area (Å²) in [6, 6.07) is 8.03. The summed E-state index contributed by atoms with van der Waals surface area (Å²) in [7, 11) is 0. The van der Waals surface area contributed by atoms with E-state index in [0.717, 1.165) is 17.4 Å². The average Bonchev–Trinajstić information content (AvgIpc) is 2.26. The van der Waals surface area contributed by atoms with Gasteiger partial charge < -0.3 is 4.79 Å². The SMILES string of the molecule is CC=Cc1cccc(C#CCCC=O)c1. The van der Waals surface area contributed by atoms with E-state index in [1.165, 1.54) is 0 Å². The quantitative estimate of drug-likeness (QED) is 0.414. The Bertz CT molecular complexity index is 405. The predicted octanol–water partition coefficient (Wildman–Crippen LogP) is 3.05. The Hall–Kier alpha value is -1.81. The van der Waals surface area contributed by atoms with Crippen molar-refractivity contribution < 1.29 is 4.79 Å². The topological polar surface area (TPSA) is 17.1 Å². The number of hydrogen-bond donors (Lipinski definition) is 0. The predicted molar refractivity (Wildman–Crippen MR) is 63.3 cm³/mol. The van der Waals surface area contributed by atoms with Crippen LogP contribution < -0.4 is 0 Å². The van der Waals surface area contributed by atoms with Crippen LogP contribution in [0.4, 0.5) is 0 Å². The van der Waals surface area contributed by atoms with Crippen LogP contribution in [0, 0.1) is 11.8 Å². The van der Waals surface area contributed by atoms with Crippen LogP contribution in [0.3, 0.4) is 0 Å². The first-order valence-electron chi connectivity index (χ1n) is 5.02. The second kappa shape index (κ2) is 6.62. The molecule has 0 aromatic heterocycles. The molecule has 0 unspecified atom stereocenters. The van der Waals surface area contributed by atoms with E-state index in [2.05, 4.69) is 11.8 Å². The van der Waals surface area contributed by atoms with Crippen molar-refractivity contribution in [2.45, 2.75) is 19.8 Å². The zero-order valence-corrected chi connectivity index (χ0v) is 8.86. The monoisotopic (exact) mass is 198 g/mol. The first kappa shape index (κ1) is 11.3. The van der Waals surface area contributed by atoms with Gasteiger partial charge in [0.15, 0.2) is 0 Å². The van der Waals surface area contributed by atoms with Crippen LogP contribution in [0.1, 0.15) is 30.9 Å². The van der Waals surface area contributed by atoms with Gasteiger partial charge in [-0.3, -0.25) is 0 Å². The Morgan fingerprint density at radius 2 is 2.27 bits per heavy atom. The number of carbonyl (C=O) groups is 1. The van der Waals surface area contributed by atoms with Gasteiger partial charge in [0, 0.05) is 18.4 Å². The minimum absolute atomic E-state index is 0.515. The van der Waals surface area contributed by atoms with E-state index in [1.807, 2.05) is 43.3 Å². The molecule has 0 fully saturated rings. The molecule has 1 aromatic rings. The average molecular weight is 198 g/mol. The summed E-state index contributed by atoms with van der Waals surface area (Å²) in [6.07, 6.45) is 6.08. The summed E-state index contributed by atoms with van der Waals surface area (Å²) in [5.41, 5.74) is 2.15. The van der Waals surface area contributed by atoms with Crippen molar-refractivity contribution in [2.24, 2.45) is 0 Å². The maximum Gasteiger partial charge on any atom is 0.120 e. The molecule has 76 valence electrons. The lowest BCUT2D eigenvalue weighted by Gasteiger charge is -1.93. The molecule has 0 aliphatic rings. The Balaban J connectivity index is 2.71. The molecule has 0 saturated carbocycles. The molecule has 1 heteroatoms. The molecule has 0 heterocycles. The van der Waals surface area contributed by atoms with Crippen molar-refractivity contribution in [3.63, 3.8) is 0 Å². The van der Waals surface area contributed by atoms with Gasteiger partial charge >= 0.3 is 0 Å². The molecule has 0 aliphatic carbocycles. The van der Waals surface area contributed by atoms with Gasteiger partial charge in [0.05, 0.1) is 0 Å². The Morgan fingerprint density at radius 3 is 3.00 bits per heavy atom. The Kier molecular flexibility index (Phi) is 4.97. The van der Waals surface area contributed by atoms with Gasteiger partial charge in [-0.25, -0.2) is 0 Å². The van der Waals surface area contributed by atoms with Crippen molar-refractivity contribution >= 4 is 12.4 Å². The van der Waals surface area contributed by atoms with Gasteiger partial charge in [-0.1, -0.05) is 36.1 Å². The number of unbranched alkanes of at least 4 members (excludes halogenated alkanes) is 1.